The maximum Gasteiger partial charge on any atom is 0.321 e. The maximum absolute atomic E-state index is 13.2. The standard InChI is InChI=1S/C15H18F3N3O3S/c16-12-8-10(9-13(17)14(12)18)19-15(22)20-5-2-11(3-6-20)21-4-1-7-25(21,23)24/h8-9,11H,1-7H2,(H,19,22). The van der Waals surface area contributed by atoms with Crippen molar-refractivity contribution in [2.45, 2.75) is 25.3 Å². The Bertz CT molecular complexity index is 756. The first-order valence-electron chi connectivity index (χ1n) is 7.98. The van der Waals surface area contributed by atoms with Crippen LogP contribution in [0.2, 0.25) is 0 Å². The summed E-state index contributed by atoms with van der Waals surface area (Å²) in [6, 6.07) is 0.727. The van der Waals surface area contributed by atoms with Crippen LogP contribution < -0.4 is 5.32 Å². The van der Waals surface area contributed by atoms with E-state index in [0.717, 1.165) is 0 Å². The summed E-state index contributed by atoms with van der Waals surface area (Å²) in [7, 11) is -3.19. The second-order valence-electron chi connectivity index (χ2n) is 6.18. The third-order valence-corrected chi connectivity index (χ3v) is 6.53. The van der Waals surface area contributed by atoms with E-state index in [-0.39, 0.29) is 17.5 Å². The molecule has 2 aliphatic rings. The summed E-state index contributed by atoms with van der Waals surface area (Å²) >= 11 is 0. The number of amides is 2. The zero-order valence-electron chi connectivity index (χ0n) is 13.3. The number of piperidine rings is 1. The Balaban J connectivity index is 1.59. The number of urea groups is 1. The Morgan fingerprint density at radius 1 is 1.08 bits per heavy atom. The molecule has 1 aromatic rings. The highest BCUT2D eigenvalue weighted by molar-refractivity contribution is 7.89. The van der Waals surface area contributed by atoms with Gasteiger partial charge in [0.05, 0.1) is 5.75 Å². The van der Waals surface area contributed by atoms with Crippen molar-refractivity contribution >= 4 is 21.7 Å². The van der Waals surface area contributed by atoms with Crippen molar-refractivity contribution in [1.82, 2.24) is 9.21 Å². The Morgan fingerprint density at radius 3 is 2.20 bits per heavy atom. The minimum absolute atomic E-state index is 0.128. The van der Waals surface area contributed by atoms with Crippen LogP contribution in [0, 0.1) is 17.5 Å². The normalized spacial score (nSPS) is 21.5. The van der Waals surface area contributed by atoms with Crippen molar-refractivity contribution in [3.8, 4) is 0 Å². The fourth-order valence-electron chi connectivity index (χ4n) is 3.26. The molecule has 2 heterocycles. The molecule has 2 fully saturated rings. The number of benzene rings is 1. The van der Waals surface area contributed by atoms with Gasteiger partial charge in [-0.25, -0.2) is 26.4 Å². The van der Waals surface area contributed by atoms with Gasteiger partial charge in [0.15, 0.2) is 17.5 Å². The van der Waals surface area contributed by atoms with E-state index in [0.29, 0.717) is 51.0 Å². The summed E-state index contributed by atoms with van der Waals surface area (Å²) in [5.41, 5.74) is -0.175. The smallest absolute Gasteiger partial charge is 0.321 e. The lowest BCUT2D eigenvalue weighted by atomic mass is 10.1. The molecular weight excluding hydrogens is 359 g/mol. The van der Waals surface area contributed by atoms with Crippen LogP contribution in [0.1, 0.15) is 19.3 Å². The Morgan fingerprint density at radius 2 is 1.68 bits per heavy atom. The highest BCUT2D eigenvalue weighted by Crippen LogP contribution is 2.25. The van der Waals surface area contributed by atoms with E-state index in [2.05, 4.69) is 5.32 Å². The number of carbonyl (C=O) groups excluding carboxylic acids is 1. The molecule has 0 aromatic heterocycles. The van der Waals surface area contributed by atoms with Crippen LogP contribution in [0.25, 0.3) is 0 Å². The van der Waals surface area contributed by atoms with Crippen molar-refractivity contribution in [3.05, 3.63) is 29.6 Å². The van der Waals surface area contributed by atoms with Gasteiger partial charge in [0.1, 0.15) is 0 Å². The van der Waals surface area contributed by atoms with Gasteiger partial charge in [-0.3, -0.25) is 0 Å². The molecule has 0 spiro atoms. The van der Waals surface area contributed by atoms with Crippen molar-refractivity contribution < 1.29 is 26.4 Å². The first-order chi connectivity index (χ1) is 11.8. The molecule has 1 N–H and O–H groups in total. The van der Waals surface area contributed by atoms with E-state index in [1.54, 1.807) is 0 Å². The molecule has 25 heavy (non-hydrogen) atoms. The molecule has 3 rings (SSSR count). The Kier molecular flexibility index (Phi) is 4.92. The third-order valence-electron chi connectivity index (χ3n) is 4.53. The number of hydrogen-bond acceptors (Lipinski definition) is 3. The quantitative estimate of drug-likeness (QED) is 0.803. The molecule has 0 aliphatic carbocycles. The van der Waals surface area contributed by atoms with Crippen LogP contribution >= 0.6 is 0 Å². The van der Waals surface area contributed by atoms with Gasteiger partial charge in [0.2, 0.25) is 10.0 Å². The number of halogens is 3. The van der Waals surface area contributed by atoms with Gasteiger partial charge in [-0.15, -0.1) is 0 Å². The number of nitrogens with zero attached hydrogens (tertiary/aromatic N) is 2. The molecule has 6 nitrogen and oxygen atoms in total. The number of likely N-dealkylation sites (tertiary alicyclic amines) is 1. The average Bonchev–Trinajstić information content (AvgIpc) is 2.92. The van der Waals surface area contributed by atoms with Gasteiger partial charge in [-0.2, -0.15) is 4.31 Å². The Hall–Kier alpha value is -1.81. The molecule has 2 aliphatic heterocycles. The predicted molar refractivity (Wildman–Crippen MR) is 85.0 cm³/mol. The van der Waals surface area contributed by atoms with E-state index in [9.17, 15) is 26.4 Å². The molecule has 0 bridgehead atoms. The van der Waals surface area contributed by atoms with E-state index >= 15 is 0 Å². The van der Waals surface area contributed by atoms with Crippen molar-refractivity contribution in [3.63, 3.8) is 0 Å². The molecule has 0 radical (unpaired) electrons. The topological polar surface area (TPSA) is 69.7 Å². The third kappa shape index (κ3) is 3.74. The lowest BCUT2D eigenvalue weighted by molar-refractivity contribution is 0.170. The molecule has 138 valence electrons. The van der Waals surface area contributed by atoms with Gasteiger partial charge < -0.3 is 10.2 Å². The number of rotatable bonds is 2. The zero-order chi connectivity index (χ0) is 18.2. The second-order valence-corrected chi connectivity index (χ2v) is 8.22. The average molecular weight is 377 g/mol. The summed E-state index contributed by atoms with van der Waals surface area (Å²) in [6.45, 7) is 1.16. The van der Waals surface area contributed by atoms with Crippen LogP contribution in [0.4, 0.5) is 23.7 Å². The molecule has 1 aromatic carbocycles. The summed E-state index contributed by atoms with van der Waals surface area (Å²) in [5, 5.41) is 2.33. The summed E-state index contributed by atoms with van der Waals surface area (Å²) < 4.78 is 64.7. The number of sulfonamides is 1. The van der Waals surface area contributed by atoms with Crippen LogP contribution in [0.5, 0.6) is 0 Å². The number of carbonyl (C=O) groups is 1. The largest absolute Gasteiger partial charge is 0.324 e. The molecular formula is C15H18F3N3O3S. The van der Waals surface area contributed by atoms with Crippen molar-refractivity contribution in [1.29, 1.82) is 0 Å². The van der Waals surface area contributed by atoms with Crippen LogP contribution in [0.15, 0.2) is 12.1 Å². The number of nitrogens with one attached hydrogen (secondary N) is 1. The molecule has 2 saturated heterocycles. The lowest BCUT2D eigenvalue weighted by Gasteiger charge is -2.35. The molecule has 2 amide bonds. The van der Waals surface area contributed by atoms with Crippen LogP contribution in [0.3, 0.4) is 0 Å². The fraction of sp³-hybridized carbons (Fsp3) is 0.533. The molecule has 0 atom stereocenters. The second kappa shape index (κ2) is 6.83. The van der Waals surface area contributed by atoms with Gasteiger partial charge in [-0.1, -0.05) is 0 Å². The SMILES string of the molecule is O=C(Nc1cc(F)c(F)c(F)c1)N1CCC(N2CCCS2(=O)=O)CC1. The highest BCUT2D eigenvalue weighted by Gasteiger charge is 2.36. The van der Waals surface area contributed by atoms with E-state index in [1.807, 2.05) is 0 Å². The summed E-state index contributed by atoms with van der Waals surface area (Å²) in [4.78, 5) is 13.6. The number of hydrogen-bond donors (Lipinski definition) is 1. The van der Waals surface area contributed by atoms with E-state index in [4.69, 9.17) is 0 Å². The van der Waals surface area contributed by atoms with Gasteiger partial charge >= 0.3 is 6.03 Å². The van der Waals surface area contributed by atoms with Crippen molar-refractivity contribution in [2.75, 3.05) is 30.7 Å². The van der Waals surface area contributed by atoms with Crippen LogP contribution in [-0.4, -0.2) is 55.1 Å². The molecule has 10 heteroatoms. The Labute approximate surface area is 143 Å². The first-order valence-corrected chi connectivity index (χ1v) is 9.59. The highest BCUT2D eigenvalue weighted by atomic mass is 32.2. The van der Waals surface area contributed by atoms with E-state index in [1.165, 1.54) is 9.21 Å². The molecule has 0 unspecified atom stereocenters. The predicted octanol–water partition coefficient (Wildman–Crippen LogP) is 2.14. The summed E-state index contributed by atoms with van der Waals surface area (Å²) in [5.74, 6) is -4.19. The minimum Gasteiger partial charge on any atom is -0.324 e. The minimum atomic E-state index is -3.19. The monoisotopic (exact) mass is 377 g/mol. The number of anilines is 1. The maximum atomic E-state index is 13.2. The van der Waals surface area contributed by atoms with Gasteiger partial charge in [0, 0.05) is 43.5 Å². The van der Waals surface area contributed by atoms with Gasteiger partial charge in [-0.05, 0) is 19.3 Å². The van der Waals surface area contributed by atoms with Crippen molar-refractivity contribution in [2.24, 2.45) is 0 Å². The lowest BCUT2D eigenvalue weighted by Crippen LogP contribution is -2.48. The molecule has 0 saturated carbocycles. The van der Waals surface area contributed by atoms with Gasteiger partial charge in [0.25, 0.3) is 0 Å². The first kappa shape index (κ1) is 18.0. The van der Waals surface area contributed by atoms with Crippen LogP contribution in [-0.2, 0) is 10.0 Å². The summed E-state index contributed by atoms with van der Waals surface area (Å²) in [6.07, 6.45) is 1.61. The van der Waals surface area contributed by atoms with E-state index < -0.39 is 33.5 Å². The zero-order valence-corrected chi connectivity index (χ0v) is 14.2. The fourth-order valence-corrected chi connectivity index (χ4v) is 5.06.